The van der Waals surface area contributed by atoms with E-state index in [9.17, 15) is 16.8 Å². The molecule has 0 spiro atoms. The van der Waals surface area contributed by atoms with Gasteiger partial charge in [0.15, 0.2) is 0 Å². The van der Waals surface area contributed by atoms with Gasteiger partial charge in [-0.25, -0.2) is 12.7 Å². The third-order valence-electron chi connectivity index (χ3n) is 3.59. The minimum absolute atomic E-state index is 0.0457. The normalized spacial score (nSPS) is 16.7. The van der Waals surface area contributed by atoms with E-state index in [2.05, 4.69) is 4.72 Å². The number of anilines is 1. The standard InChI is InChI=1S/C14H21N3O4S2/c1-12-7-8-13(22(18,19)16(2)3)11-14(12)15-23(20,21)17-9-5-4-6-10-17/h4-5,7-8,11,15H,6,9-10H2,1-3H3. The topological polar surface area (TPSA) is 86.8 Å². The zero-order valence-corrected chi connectivity index (χ0v) is 15.0. The van der Waals surface area contributed by atoms with Crippen LogP contribution in [0.15, 0.2) is 35.2 Å². The van der Waals surface area contributed by atoms with Crippen molar-refractivity contribution in [2.75, 3.05) is 31.9 Å². The molecule has 0 aromatic heterocycles. The fourth-order valence-electron chi connectivity index (χ4n) is 2.12. The molecule has 7 nitrogen and oxygen atoms in total. The van der Waals surface area contributed by atoms with E-state index in [4.69, 9.17) is 0 Å². The monoisotopic (exact) mass is 359 g/mol. The minimum Gasteiger partial charge on any atom is -0.271 e. The molecule has 0 saturated heterocycles. The highest BCUT2D eigenvalue weighted by Gasteiger charge is 2.24. The Morgan fingerprint density at radius 3 is 2.39 bits per heavy atom. The van der Waals surface area contributed by atoms with E-state index in [1.165, 1.54) is 30.5 Å². The lowest BCUT2D eigenvalue weighted by molar-refractivity contribution is 0.441. The molecule has 23 heavy (non-hydrogen) atoms. The van der Waals surface area contributed by atoms with Crippen LogP contribution < -0.4 is 4.72 Å². The van der Waals surface area contributed by atoms with Crippen molar-refractivity contribution in [3.63, 3.8) is 0 Å². The van der Waals surface area contributed by atoms with Gasteiger partial charge in [-0.1, -0.05) is 18.2 Å². The summed E-state index contributed by atoms with van der Waals surface area (Å²) >= 11 is 0. The van der Waals surface area contributed by atoms with Gasteiger partial charge in [-0.2, -0.15) is 12.7 Å². The van der Waals surface area contributed by atoms with Crippen molar-refractivity contribution in [2.45, 2.75) is 18.2 Å². The zero-order chi connectivity index (χ0) is 17.3. The molecule has 0 radical (unpaired) electrons. The van der Waals surface area contributed by atoms with Crippen LogP contribution in [0.4, 0.5) is 5.69 Å². The number of hydrogen-bond acceptors (Lipinski definition) is 4. The second-order valence-electron chi connectivity index (χ2n) is 5.49. The summed E-state index contributed by atoms with van der Waals surface area (Å²) in [6, 6.07) is 4.40. The lowest BCUT2D eigenvalue weighted by Gasteiger charge is -2.24. The molecule has 0 amide bonds. The molecule has 2 rings (SSSR count). The van der Waals surface area contributed by atoms with E-state index >= 15 is 0 Å². The van der Waals surface area contributed by atoms with Crippen LogP contribution in [0.1, 0.15) is 12.0 Å². The molecule has 9 heteroatoms. The molecule has 1 aliphatic heterocycles. The van der Waals surface area contributed by atoms with Crippen LogP contribution >= 0.6 is 0 Å². The molecule has 1 heterocycles. The number of sulfonamides is 1. The molecule has 0 saturated carbocycles. The lowest BCUT2D eigenvalue weighted by atomic mass is 10.2. The predicted octanol–water partition coefficient (Wildman–Crippen LogP) is 1.16. The van der Waals surface area contributed by atoms with Gasteiger partial charge in [0.1, 0.15) is 0 Å². The number of aryl methyl sites for hydroxylation is 1. The van der Waals surface area contributed by atoms with E-state index < -0.39 is 20.2 Å². The molecular weight excluding hydrogens is 338 g/mol. The number of nitrogens with one attached hydrogen (secondary N) is 1. The molecule has 0 fully saturated rings. The van der Waals surface area contributed by atoms with Crippen molar-refractivity contribution in [3.8, 4) is 0 Å². The second-order valence-corrected chi connectivity index (χ2v) is 9.31. The third-order valence-corrected chi connectivity index (χ3v) is 6.89. The molecule has 0 bridgehead atoms. The summed E-state index contributed by atoms with van der Waals surface area (Å²) in [5.41, 5.74) is 0.918. The van der Waals surface area contributed by atoms with E-state index in [0.29, 0.717) is 25.1 Å². The first-order chi connectivity index (χ1) is 10.6. The zero-order valence-electron chi connectivity index (χ0n) is 13.4. The number of rotatable bonds is 5. The Bertz CT molecular complexity index is 814. The van der Waals surface area contributed by atoms with Crippen LogP contribution in [0.2, 0.25) is 0 Å². The quantitative estimate of drug-likeness (QED) is 0.800. The Balaban J connectivity index is 2.35. The van der Waals surface area contributed by atoms with Gasteiger partial charge in [-0.05, 0) is 31.0 Å². The van der Waals surface area contributed by atoms with Crippen molar-refractivity contribution in [2.24, 2.45) is 0 Å². The highest BCUT2D eigenvalue weighted by Crippen LogP contribution is 2.24. The summed E-state index contributed by atoms with van der Waals surface area (Å²) in [5, 5.41) is 0. The maximum absolute atomic E-state index is 12.4. The molecule has 1 aromatic carbocycles. The lowest BCUT2D eigenvalue weighted by Crippen LogP contribution is -2.38. The summed E-state index contributed by atoms with van der Waals surface area (Å²) in [6.45, 7) is 2.44. The highest BCUT2D eigenvalue weighted by molar-refractivity contribution is 7.90. The van der Waals surface area contributed by atoms with E-state index in [-0.39, 0.29) is 10.6 Å². The van der Waals surface area contributed by atoms with Crippen molar-refractivity contribution < 1.29 is 16.8 Å². The third kappa shape index (κ3) is 3.92. The minimum atomic E-state index is -3.72. The van der Waals surface area contributed by atoms with Gasteiger partial charge in [0.05, 0.1) is 10.6 Å². The van der Waals surface area contributed by atoms with Crippen molar-refractivity contribution in [1.29, 1.82) is 0 Å². The number of nitrogens with zero attached hydrogens (tertiary/aromatic N) is 2. The van der Waals surface area contributed by atoms with Crippen LogP contribution in [0.25, 0.3) is 0 Å². The van der Waals surface area contributed by atoms with Crippen molar-refractivity contribution >= 4 is 25.9 Å². The Hall–Kier alpha value is -1.42. The Kier molecular flexibility index (Phi) is 5.14. The van der Waals surface area contributed by atoms with Gasteiger partial charge in [0, 0.05) is 27.2 Å². The van der Waals surface area contributed by atoms with Crippen LogP contribution in [0, 0.1) is 6.92 Å². The molecule has 1 aliphatic rings. The molecule has 0 unspecified atom stereocenters. The van der Waals surface area contributed by atoms with Crippen LogP contribution in [0.5, 0.6) is 0 Å². The predicted molar refractivity (Wildman–Crippen MR) is 89.9 cm³/mol. The van der Waals surface area contributed by atoms with Gasteiger partial charge in [-0.3, -0.25) is 4.72 Å². The fourth-order valence-corrected chi connectivity index (χ4v) is 4.31. The fraction of sp³-hybridized carbons (Fsp3) is 0.429. The summed E-state index contributed by atoms with van der Waals surface area (Å²) in [5.74, 6) is 0. The van der Waals surface area contributed by atoms with E-state index in [0.717, 1.165) is 4.31 Å². The summed E-state index contributed by atoms with van der Waals surface area (Å²) < 4.78 is 54.1. The number of benzene rings is 1. The summed E-state index contributed by atoms with van der Waals surface area (Å²) in [7, 11) is -4.48. The largest absolute Gasteiger partial charge is 0.301 e. The molecule has 0 aliphatic carbocycles. The van der Waals surface area contributed by atoms with Gasteiger partial charge < -0.3 is 0 Å². The average Bonchev–Trinajstić information content (AvgIpc) is 2.50. The van der Waals surface area contributed by atoms with E-state index in [1.54, 1.807) is 19.1 Å². The van der Waals surface area contributed by atoms with Gasteiger partial charge in [-0.15, -0.1) is 0 Å². The molecule has 1 aromatic rings. The molecule has 0 atom stereocenters. The van der Waals surface area contributed by atoms with Crippen molar-refractivity contribution in [1.82, 2.24) is 8.61 Å². The van der Waals surface area contributed by atoms with Gasteiger partial charge in [0.2, 0.25) is 10.0 Å². The first-order valence-corrected chi connectivity index (χ1v) is 9.98. The highest BCUT2D eigenvalue weighted by atomic mass is 32.2. The van der Waals surface area contributed by atoms with Gasteiger partial charge >= 0.3 is 10.2 Å². The SMILES string of the molecule is Cc1ccc(S(=O)(=O)N(C)C)cc1NS(=O)(=O)N1CC=CCC1. The van der Waals surface area contributed by atoms with Crippen molar-refractivity contribution in [3.05, 3.63) is 35.9 Å². The van der Waals surface area contributed by atoms with Crippen LogP contribution in [0.3, 0.4) is 0 Å². The average molecular weight is 359 g/mol. The maximum Gasteiger partial charge on any atom is 0.301 e. The second kappa shape index (κ2) is 6.60. The van der Waals surface area contributed by atoms with Crippen LogP contribution in [-0.4, -0.2) is 52.6 Å². The number of hydrogen-bond donors (Lipinski definition) is 1. The van der Waals surface area contributed by atoms with E-state index in [1.807, 2.05) is 6.08 Å². The molecule has 1 N–H and O–H groups in total. The molecular formula is C14H21N3O4S2. The first kappa shape index (κ1) is 17.9. The first-order valence-electron chi connectivity index (χ1n) is 7.10. The molecule has 128 valence electrons. The maximum atomic E-state index is 12.4. The summed E-state index contributed by atoms with van der Waals surface area (Å²) in [4.78, 5) is 0.0457. The van der Waals surface area contributed by atoms with Gasteiger partial charge in [0.25, 0.3) is 0 Å². The Morgan fingerprint density at radius 2 is 1.83 bits per heavy atom. The summed E-state index contributed by atoms with van der Waals surface area (Å²) in [6.07, 6.45) is 4.39. The van der Waals surface area contributed by atoms with Crippen LogP contribution in [-0.2, 0) is 20.2 Å². The smallest absolute Gasteiger partial charge is 0.271 e. The Morgan fingerprint density at radius 1 is 1.13 bits per heavy atom. The Labute approximate surface area is 137 Å².